The molecule has 3 atom stereocenters. The number of aliphatic hydroxyl groups excluding tert-OH is 1. The molecule has 0 saturated carbocycles. The van der Waals surface area contributed by atoms with E-state index in [-0.39, 0.29) is 6.04 Å². The summed E-state index contributed by atoms with van der Waals surface area (Å²) in [6.45, 7) is 5.17. The maximum atomic E-state index is 9.66. The third-order valence-corrected chi connectivity index (χ3v) is 4.72. The zero-order valence-corrected chi connectivity index (χ0v) is 13.0. The Balaban J connectivity index is 1.97. The van der Waals surface area contributed by atoms with Gasteiger partial charge in [0.2, 0.25) is 0 Å². The van der Waals surface area contributed by atoms with Crippen molar-refractivity contribution >= 4 is 21.6 Å². The van der Waals surface area contributed by atoms with Crippen LogP contribution in [0.1, 0.15) is 24.8 Å². The Morgan fingerprint density at radius 2 is 2.10 bits per heavy atom. The maximum absolute atomic E-state index is 9.66. The molecule has 5 heteroatoms. The average Bonchev–Trinajstić information content (AvgIpc) is 2.88. The number of hydrogen-bond acceptors (Lipinski definition) is 5. The lowest BCUT2D eigenvalue weighted by molar-refractivity contribution is 0.0626. The van der Waals surface area contributed by atoms with Crippen LogP contribution < -0.4 is 5.32 Å². The lowest BCUT2D eigenvalue weighted by atomic mass is 10.0. The van der Waals surface area contributed by atoms with Crippen molar-refractivity contribution in [2.45, 2.75) is 31.9 Å². The van der Waals surface area contributed by atoms with Gasteiger partial charge in [-0.25, -0.2) is 4.98 Å². The summed E-state index contributed by atoms with van der Waals surface area (Å²) in [4.78, 5) is 4.69. The van der Waals surface area contributed by atoms with Gasteiger partial charge in [0.05, 0.1) is 27.9 Å². The lowest BCUT2D eigenvalue weighted by Gasteiger charge is -2.21. The Kier molecular flexibility index (Phi) is 5.48. The predicted octanol–water partition coefficient (Wildman–Crippen LogP) is 2.39. The number of aromatic nitrogens is 1. The second-order valence-electron chi connectivity index (χ2n) is 5.11. The first-order chi connectivity index (χ1) is 9.61. The van der Waals surface area contributed by atoms with Crippen LogP contribution >= 0.6 is 11.3 Å². The molecule has 1 heterocycles. The fraction of sp³-hybridized carbons (Fsp3) is 0.533. The minimum Gasteiger partial charge on any atom is -0.389 e. The van der Waals surface area contributed by atoms with E-state index in [0.29, 0.717) is 19.1 Å². The van der Waals surface area contributed by atoms with E-state index in [1.54, 1.807) is 18.4 Å². The average molecular weight is 294 g/mol. The summed E-state index contributed by atoms with van der Waals surface area (Å²) in [6.07, 6.45) is -0.468. The summed E-state index contributed by atoms with van der Waals surface area (Å²) in [7, 11) is 1.59. The van der Waals surface area contributed by atoms with Crippen molar-refractivity contribution in [3.63, 3.8) is 0 Å². The Morgan fingerprint density at radius 1 is 1.35 bits per heavy atom. The molecule has 3 unspecified atom stereocenters. The fourth-order valence-corrected chi connectivity index (χ4v) is 3.17. The van der Waals surface area contributed by atoms with E-state index in [1.165, 1.54) is 4.70 Å². The number of nitrogens with one attached hydrogen (secondary N) is 1. The number of aliphatic hydroxyl groups is 1. The molecule has 2 N–H and O–H groups in total. The number of nitrogens with zero attached hydrogens (tertiary/aromatic N) is 1. The van der Waals surface area contributed by atoms with Crippen LogP contribution in [0, 0.1) is 0 Å². The number of rotatable bonds is 7. The van der Waals surface area contributed by atoms with Gasteiger partial charge in [-0.3, -0.25) is 0 Å². The Bertz CT molecular complexity index is 510. The van der Waals surface area contributed by atoms with Crippen molar-refractivity contribution in [2.24, 2.45) is 0 Å². The van der Waals surface area contributed by atoms with Crippen LogP contribution in [0.4, 0.5) is 0 Å². The van der Waals surface area contributed by atoms with Crippen molar-refractivity contribution in [2.75, 3.05) is 20.3 Å². The number of para-hydroxylation sites is 1. The van der Waals surface area contributed by atoms with Gasteiger partial charge in [-0.15, -0.1) is 11.3 Å². The van der Waals surface area contributed by atoms with E-state index in [9.17, 15) is 5.11 Å². The lowest BCUT2D eigenvalue weighted by Crippen LogP contribution is -2.38. The molecule has 0 spiro atoms. The minimum absolute atomic E-state index is 0.252. The fourth-order valence-electron chi connectivity index (χ4n) is 2.05. The Morgan fingerprint density at radius 3 is 2.80 bits per heavy atom. The number of methoxy groups -OCH3 is 1. The predicted molar refractivity (Wildman–Crippen MR) is 83.4 cm³/mol. The van der Waals surface area contributed by atoms with Crippen molar-refractivity contribution in [3.05, 3.63) is 29.3 Å². The van der Waals surface area contributed by atoms with Crippen LogP contribution in [0.3, 0.4) is 0 Å². The van der Waals surface area contributed by atoms with Gasteiger partial charge < -0.3 is 15.2 Å². The molecule has 4 nitrogen and oxygen atoms in total. The van der Waals surface area contributed by atoms with Crippen molar-refractivity contribution in [3.8, 4) is 0 Å². The van der Waals surface area contributed by atoms with Crippen molar-refractivity contribution in [1.29, 1.82) is 0 Å². The zero-order chi connectivity index (χ0) is 14.5. The SMILES string of the molecule is COCC(O)CNC(C)C(C)c1nc2ccccc2s1. The molecule has 0 bridgehead atoms. The van der Waals surface area contributed by atoms with Gasteiger partial charge in [-0.05, 0) is 19.1 Å². The molecule has 20 heavy (non-hydrogen) atoms. The van der Waals surface area contributed by atoms with Gasteiger partial charge in [0.25, 0.3) is 0 Å². The molecule has 0 aliphatic rings. The van der Waals surface area contributed by atoms with Gasteiger partial charge in [0.1, 0.15) is 0 Å². The summed E-state index contributed by atoms with van der Waals surface area (Å²) in [5.74, 6) is 0.308. The molecule has 0 radical (unpaired) electrons. The normalized spacial score (nSPS) is 16.2. The van der Waals surface area contributed by atoms with Crippen LogP contribution in [0.2, 0.25) is 0 Å². The van der Waals surface area contributed by atoms with Crippen LogP contribution in [0.25, 0.3) is 10.2 Å². The molecule has 110 valence electrons. The van der Waals surface area contributed by atoms with E-state index < -0.39 is 6.10 Å². The first-order valence-corrected chi connectivity index (χ1v) is 7.69. The van der Waals surface area contributed by atoms with E-state index in [4.69, 9.17) is 4.74 Å². The third kappa shape index (κ3) is 3.76. The van der Waals surface area contributed by atoms with Gasteiger partial charge in [-0.2, -0.15) is 0 Å². The van der Waals surface area contributed by atoms with Crippen molar-refractivity contribution < 1.29 is 9.84 Å². The van der Waals surface area contributed by atoms with Gasteiger partial charge in [-0.1, -0.05) is 19.1 Å². The quantitative estimate of drug-likeness (QED) is 0.823. The molecule has 2 aromatic rings. The van der Waals surface area contributed by atoms with E-state index in [2.05, 4.69) is 30.2 Å². The Labute approximate surface area is 123 Å². The van der Waals surface area contributed by atoms with Gasteiger partial charge in [0, 0.05) is 25.6 Å². The molecular weight excluding hydrogens is 272 g/mol. The maximum Gasteiger partial charge on any atom is 0.0982 e. The van der Waals surface area contributed by atoms with Crippen LogP contribution in [0.15, 0.2) is 24.3 Å². The number of fused-ring (bicyclic) bond motifs is 1. The summed E-state index contributed by atoms with van der Waals surface area (Å²) >= 11 is 1.74. The molecule has 0 aliphatic heterocycles. The second kappa shape index (κ2) is 7.13. The van der Waals surface area contributed by atoms with Crippen LogP contribution in [0.5, 0.6) is 0 Å². The summed E-state index contributed by atoms with van der Waals surface area (Å²) in [5.41, 5.74) is 1.06. The number of ether oxygens (including phenoxy) is 1. The van der Waals surface area contributed by atoms with E-state index >= 15 is 0 Å². The number of hydrogen-bond donors (Lipinski definition) is 2. The zero-order valence-electron chi connectivity index (χ0n) is 12.2. The monoisotopic (exact) mass is 294 g/mol. The van der Waals surface area contributed by atoms with Gasteiger partial charge >= 0.3 is 0 Å². The largest absolute Gasteiger partial charge is 0.389 e. The molecule has 1 aromatic heterocycles. The second-order valence-corrected chi connectivity index (χ2v) is 6.18. The first-order valence-electron chi connectivity index (χ1n) is 6.87. The molecular formula is C15H22N2O2S. The van der Waals surface area contributed by atoms with Crippen LogP contribution in [-0.2, 0) is 4.74 Å². The number of benzene rings is 1. The highest BCUT2D eigenvalue weighted by atomic mass is 32.1. The molecule has 0 saturated heterocycles. The van der Waals surface area contributed by atoms with Crippen LogP contribution in [-0.4, -0.2) is 42.5 Å². The van der Waals surface area contributed by atoms with Crippen molar-refractivity contribution in [1.82, 2.24) is 10.3 Å². The third-order valence-electron chi connectivity index (χ3n) is 3.48. The standard InChI is InChI=1S/C15H22N2O2S/c1-10(11(2)16-8-12(18)9-19-3)15-17-13-6-4-5-7-14(13)20-15/h4-7,10-12,16,18H,8-9H2,1-3H3. The smallest absolute Gasteiger partial charge is 0.0982 e. The Hall–Kier alpha value is -1.01. The summed E-state index contributed by atoms with van der Waals surface area (Å²) < 4.78 is 6.14. The number of thiazole rings is 1. The topological polar surface area (TPSA) is 54.4 Å². The molecule has 0 aliphatic carbocycles. The molecule has 2 rings (SSSR count). The highest BCUT2D eigenvalue weighted by Gasteiger charge is 2.18. The van der Waals surface area contributed by atoms with Gasteiger partial charge in [0.15, 0.2) is 0 Å². The first kappa shape index (κ1) is 15.4. The molecule has 1 aromatic carbocycles. The highest BCUT2D eigenvalue weighted by Crippen LogP contribution is 2.28. The molecule has 0 amide bonds. The van der Waals surface area contributed by atoms with E-state index in [1.807, 2.05) is 18.2 Å². The summed E-state index contributed by atoms with van der Waals surface area (Å²) in [5, 5.41) is 14.1. The minimum atomic E-state index is -0.468. The summed E-state index contributed by atoms with van der Waals surface area (Å²) in [6, 6.07) is 8.45. The highest BCUT2D eigenvalue weighted by molar-refractivity contribution is 7.18. The van der Waals surface area contributed by atoms with E-state index in [0.717, 1.165) is 10.5 Å². The molecule has 0 fully saturated rings.